The SMILES string of the molecule is CCNC(=NCc1cccc(C#N)c1)N1CCCC(C)C1.I. The molecule has 1 unspecified atom stereocenters. The molecule has 4 nitrogen and oxygen atoms in total. The number of hydrogen-bond donors (Lipinski definition) is 1. The zero-order valence-corrected chi connectivity index (χ0v) is 15.7. The van der Waals surface area contributed by atoms with E-state index in [1.54, 1.807) is 0 Å². The Balaban J connectivity index is 0.00000242. The van der Waals surface area contributed by atoms with Gasteiger partial charge >= 0.3 is 0 Å². The number of likely N-dealkylation sites (tertiary alicyclic amines) is 1. The number of benzene rings is 1. The molecule has 0 aliphatic carbocycles. The molecule has 1 N–H and O–H groups in total. The zero-order valence-electron chi connectivity index (χ0n) is 13.4. The van der Waals surface area contributed by atoms with E-state index in [0.717, 1.165) is 37.1 Å². The molecule has 1 saturated heterocycles. The number of nitrogens with one attached hydrogen (secondary N) is 1. The molecule has 1 aliphatic heterocycles. The van der Waals surface area contributed by atoms with Gasteiger partial charge in [0, 0.05) is 19.6 Å². The van der Waals surface area contributed by atoms with Gasteiger partial charge in [-0.2, -0.15) is 5.26 Å². The van der Waals surface area contributed by atoms with Crippen LogP contribution in [0, 0.1) is 17.2 Å². The van der Waals surface area contributed by atoms with Crippen molar-refractivity contribution >= 4 is 29.9 Å². The average Bonchev–Trinajstić information content (AvgIpc) is 2.51. The Morgan fingerprint density at radius 3 is 3.00 bits per heavy atom. The van der Waals surface area contributed by atoms with Gasteiger partial charge < -0.3 is 10.2 Å². The average molecular weight is 412 g/mol. The number of hydrogen-bond acceptors (Lipinski definition) is 2. The molecule has 22 heavy (non-hydrogen) atoms. The lowest BCUT2D eigenvalue weighted by molar-refractivity contribution is 0.266. The van der Waals surface area contributed by atoms with Crippen molar-refractivity contribution in [2.45, 2.75) is 33.2 Å². The van der Waals surface area contributed by atoms with Gasteiger partial charge in [-0.15, -0.1) is 24.0 Å². The van der Waals surface area contributed by atoms with Gasteiger partial charge in [-0.05, 0) is 43.4 Å². The van der Waals surface area contributed by atoms with Crippen molar-refractivity contribution in [1.82, 2.24) is 10.2 Å². The summed E-state index contributed by atoms with van der Waals surface area (Å²) >= 11 is 0. The highest BCUT2D eigenvalue weighted by molar-refractivity contribution is 14.0. The molecular weight excluding hydrogens is 387 g/mol. The summed E-state index contributed by atoms with van der Waals surface area (Å²) in [6.07, 6.45) is 2.54. The molecule has 1 aromatic carbocycles. The molecule has 0 bridgehead atoms. The van der Waals surface area contributed by atoms with Crippen LogP contribution in [0.25, 0.3) is 0 Å². The first-order valence-corrected chi connectivity index (χ1v) is 7.75. The van der Waals surface area contributed by atoms with Crippen molar-refractivity contribution in [3.8, 4) is 6.07 Å². The van der Waals surface area contributed by atoms with Crippen LogP contribution < -0.4 is 5.32 Å². The first-order chi connectivity index (χ1) is 10.2. The van der Waals surface area contributed by atoms with Crippen molar-refractivity contribution in [3.05, 3.63) is 35.4 Å². The van der Waals surface area contributed by atoms with E-state index < -0.39 is 0 Å². The molecule has 0 spiro atoms. The maximum atomic E-state index is 8.95. The molecule has 120 valence electrons. The summed E-state index contributed by atoms with van der Waals surface area (Å²) in [5, 5.41) is 12.3. The van der Waals surface area contributed by atoms with E-state index in [1.807, 2.05) is 24.3 Å². The van der Waals surface area contributed by atoms with Crippen molar-refractivity contribution in [2.24, 2.45) is 10.9 Å². The second-order valence-corrected chi connectivity index (χ2v) is 5.68. The van der Waals surface area contributed by atoms with E-state index in [-0.39, 0.29) is 24.0 Å². The highest BCUT2D eigenvalue weighted by atomic mass is 127. The van der Waals surface area contributed by atoms with Crippen LogP contribution in [-0.2, 0) is 6.54 Å². The highest BCUT2D eigenvalue weighted by Gasteiger charge is 2.18. The molecule has 1 heterocycles. The van der Waals surface area contributed by atoms with Crippen molar-refractivity contribution in [3.63, 3.8) is 0 Å². The van der Waals surface area contributed by atoms with E-state index in [4.69, 9.17) is 10.3 Å². The van der Waals surface area contributed by atoms with Gasteiger partial charge in [0.25, 0.3) is 0 Å². The quantitative estimate of drug-likeness (QED) is 0.471. The summed E-state index contributed by atoms with van der Waals surface area (Å²) in [7, 11) is 0. The molecular formula is C17H25IN4. The molecule has 0 radical (unpaired) electrons. The highest BCUT2D eigenvalue weighted by Crippen LogP contribution is 2.15. The first kappa shape index (κ1) is 18.8. The minimum Gasteiger partial charge on any atom is -0.357 e. The molecule has 1 fully saturated rings. The van der Waals surface area contributed by atoms with Crippen LogP contribution in [0.4, 0.5) is 0 Å². The second-order valence-electron chi connectivity index (χ2n) is 5.68. The van der Waals surface area contributed by atoms with Crippen LogP contribution in [0.5, 0.6) is 0 Å². The molecule has 0 amide bonds. The van der Waals surface area contributed by atoms with Crippen molar-refractivity contribution in [1.29, 1.82) is 5.26 Å². The Hall–Kier alpha value is -1.29. The third-order valence-electron chi connectivity index (χ3n) is 3.76. The Kier molecular flexibility index (Phi) is 8.25. The molecule has 1 aliphatic rings. The third-order valence-corrected chi connectivity index (χ3v) is 3.76. The first-order valence-electron chi connectivity index (χ1n) is 7.75. The van der Waals surface area contributed by atoms with Crippen LogP contribution >= 0.6 is 24.0 Å². The van der Waals surface area contributed by atoms with Gasteiger partial charge in [-0.25, -0.2) is 4.99 Å². The van der Waals surface area contributed by atoms with E-state index in [2.05, 4.69) is 30.1 Å². The topological polar surface area (TPSA) is 51.4 Å². The van der Waals surface area contributed by atoms with E-state index in [0.29, 0.717) is 12.1 Å². The van der Waals surface area contributed by atoms with Crippen LogP contribution in [0.2, 0.25) is 0 Å². The fourth-order valence-corrected chi connectivity index (χ4v) is 2.71. The van der Waals surface area contributed by atoms with E-state index >= 15 is 0 Å². The normalized spacial score (nSPS) is 18.3. The molecule has 5 heteroatoms. The maximum Gasteiger partial charge on any atom is 0.194 e. The van der Waals surface area contributed by atoms with E-state index in [9.17, 15) is 0 Å². The number of rotatable bonds is 3. The molecule has 1 aromatic rings. The summed E-state index contributed by atoms with van der Waals surface area (Å²) in [6.45, 7) is 8.04. The summed E-state index contributed by atoms with van der Waals surface area (Å²) in [5.41, 5.74) is 1.77. The lowest BCUT2D eigenvalue weighted by Crippen LogP contribution is -2.46. The van der Waals surface area contributed by atoms with Crippen molar-refractivity contribution in [2.75, 3.05) is 19.6 Å². The Labute approximate surface area is 150 Å². The van der Waals surface area contributed by atoms with Crippen LogP contribution in [0.3, 0.4) is 0 Å². The lowest BCUT2D eigenvalue weighted by atomic mass is 10.0. The number of nitriles is 1. The Bertz CT molecular complexity index is 536. The van der Waals surface area contributed by atoms with Crippen molar-refractivity contribution < 1.29 is 0 Å². The summed E-state index contributed by atoms with van der Waals surface area (Å²) < 4.78 is 0. The number of halogens is 1. The predicted octanol–water partition coefficient (Wildman–Crippen LogP) is 3.37. The van der Waals surface area contributed by atoms with Gasteiger partial charge in [0.1, 0.15) is 0 Å². The Morgan fingerprint density at radius 2 is 2.32 bits per heavy atom. The third kappa shape index (κ3) is 5.48. The fraction of sp³-hybridized carbons (Fsp3) is 0.529. The van der Waals surface area contributed by atoms with Gasteiger partial charge in [-0.1, -0.05) is 19.1 Å². The van der Waals surface area contributed by atoms with Gasteiger partial charge in [0.2, 0.25) is 0 Å². The molecule has 0 aromatic heterocycles. The van der Waals surface area contributed by atoms with Crippen LogP contribution in [-0.4, -0.2) is 30.5 Å². The number of piperidine rings is 1. The van der Waals surface area contributed by atoms with E-state index in [1.165, 1.54) is 12.8 Å². The molecule has 1 atom stereocenters. The second kappa shape index (κ2) is 9.67. The lowest BCUT2D eigenvalue weighted by Gasteiger charge is -2.33. The fourth-order valence-electron chi connectivity index (χ4n) is 2.71. The monoisotopic (exact) mass is 412 g/mol. The number of nitrogens with zero attached hydrogens (tertiary/aromatic N) is 3. The summed E-state index contributed by atoms with van der Waals surface area (Å²) in [6, 6.07) is 9.84. The van der Waals surface area contributed by atoms with Gasteiger partial charge in [0.15, 0.2) is 5.96 Å². The minimum absolute atomic E-state index is 0. The summed E-state index contributed by atoms with van der Waals surface area (Å²) in [5.74, 6) is 1.72. The Morgan fingerprint density at radius 1 is 1.50 bits per heavy atom. The maximum absolute atomic E-state index is 8.95. The molecule has 2 rings (SSSR count). The van der Waals surface area contributed by atoms with Crippen LogP contribution in [0.15, 0.2) is 29.3 Å². The zero-order chi connectivity index (χ0) is 15.1. The minimum atomic E-state index is 0. The van der Waals surface area contributed by atoms with Crippen LogP contribution in [0.1, 0.15) is 37.8 Å². The molecule has 0 saturated carbocycles. The largest absolute Gasteiger partial charge is 0.357 e. The standard InChI is InChI=1S/C17H24N4.HI/c1-3-19-17(21-9-5-6-14(2)13-21)20-12-16-8-4-7-15(10-16)11-18;/h4,7-8,10,14H,3,5-6,9,12-13H2,1-2H3,(H,19,20);1H. The number of guanidine groups is 1. The summed E-state index contributed by atoms with van der Waals surface area (Å²) in [4.78, 5) is 7.09. The van der Waals surface area contributed by atoms with Gasteiger partial charge in [0.05, 0.1) is 18.2 Å². The predicted molar refractivity (Wildman–Crippen MR) is 101 cm³/mol. The smallest absolute Gasteiger partial charge is 0.194 e. The van der Waals surface area contributed by atoms with Gasteiger partial charge in [-0.3, -0.25) is 0 Å². The number of aliphatic imine (C=N–C) groups is 1.